The van der Waals surface area contributed by atoms with Crippen molar-refractivity contribution in [3.8, 4) is 0 Å². The molecule has 1 nitrogen and oxygen atoms in total. The van der Waals surface area contributed by atoms with E-state index in [0.717, 1.165) is 5.71 Å². The lowest BCUT2D eigenvalue weighted by Crippen LogP contribution is -1.74. The number of hydrogen-bond acceptors (Lipinski definition) is 1. The van der Waals surface area contributed by atoms with Crippen LogP contribution < -0.4 is 0 Å². The molecule has 0 aliphatic carbocycles. The maximum atomic E-state index is 3.81. The van der Waals surface area contributed by atoms with Crippen molar-refractivity contribution >= 4 is 5.71 Å². The van der Waals surface area contributed by atoms with Gasteiger partial charge in [0.05, 0.1) is 0 Å². The van der Waals surface area contributed by atoms with Crippen LogP contribution in [-0.2, 0) is 0 Å². The van der Waals surface area contributed by atoms with Crippen LogP contribution in [0.1, 0.15) is 61.8 Å². The second-order valence-corrected chi connectivity index (χ2v) is 1.88. The summed E-state index contributed by atoms with van der Waals surface area (Å²) in [5.74, 6) is 0. The summed E-state index contributed by atoms with van der Waals surface area (Å²) in [4.78, 5) is 3.81. The molecule has 0 aromatic carbocycles. The highest BCUT2D eigenvalue weighted by Gasteiger charge is 1.62. The molecule has 0 heterocycles. The molecule has 0 aromatic heterocycles. The minimum absolute atomic E-state index is 1.13. The van der Waals surface area contributed by atoms with E-state index < -0.39 is 0 Å². The van der Waals surface area contributed by atoms with E-state index >= 15 is 0 Å². The third-order valence-corrected chi connectivity index (χ3v) is 0.447. The molecule has 78 valence electrons. The van der Waals surface area contributed by atoms with Gasteiger partial charge in [0.1, 0.15) is 0 Å². The third-order valence-electron chi connectivity index (χ3n) is 0.447. The smallest absolute Gasteiger partial charge is 0.0276 e. The average molecular weight is 175 g/mol. The molecule has 0 fully saturated rings. The van der Waals surface area contributed by atoms with E-state index in [9.17, 15) is 0 Å². The Morgan fingerprint density at radius 3 is 1.00 bits per heavy atom. The van der Waals surface area contributed by atoms with Gasteiger partial charge in [-0.05, 0) is 13.8 Å². The molecule has 0 amide bonds. The summed E-state index contributed by atoms with van der Waals surface area (Å²) >= 11 is 0. The number of rotatable bonds is 0. The van der Waals surface area contributed by atoms with Gasteiger partial charge in [0, 0.05) is 12.8 Å². The van der Waals surface area contributed by atoms with Crippen molar-refractivity contribution in [2.45, 2.75) is 61.8 Å². The predicted octanol–water partition coefficient (Wildman–Crippen LogP) is 4.57. The van der Waals surface area contributed by atoms with Gasteiger partial charge >= 0.3 is 0 Å². The minimum Gasteiger partial charge on any atom is -0.298 e. The van der Waals surface area contributed by atoms with E-state index in [1.54, 1.807) is 7.05 Å². The molecule has 0 unspecified atom stereocenters. The van der Waals surface area contributed by atoms with Gasteiger partial charge in [-0.3, -0.25) is 4.99 Å². The molecule has 0 aliphatic rings. The highest BCUT2D eigenvalue weighted by molar-refractivity contribution is 5.78. The maximum Gasteiger partial charge on any atom is 0.0276 e. The zero-order valence-electron chi connectivity index (χ0n) is 10.7. The topological polar surface area (TPSA) is 12.4 Å². The zero-order valence-corrected chi connectivity index (χ0v) is 10.7. The van der Waals surface area contributed by atoms with Gasteiger partial charge in [0.15, 0.2) is 0 Å². The molecule has 0 rings (SSSR count). The molecule has 0 bridgehead atoms. The number of hydrogen-bond donors (Lipinski definition) is 0. The van der Waals surface area contributed by atoms with Crippen molar-refractivity contribution in [3.63, 3.8) is 0 Å². The van der Waals surface area contributed by atoms with Crippen LogP contribution in [0.5, 0.6) is 0 Å². The Hall–Kier alpha value is -0.330. The molecular weight excluding hydrogens is 146 g/mol. The third kappa shape index (κ3) is 261. The lowest BCUT2D eigenvalue weighted by Gasteiger charge is -1.74. The Labute approximate surface area is 80.3 Å². The summed E-state index contributed by atoms with van der Waals surface area (Å²) in [6.45, 7) is 16.2. The van der Waals surface area contributed by atoms with Crippen LogP contribution in [0.15, 0.2) is 4.99 Å². The first-order chi connectivity index (χ1) is 5.68. The van der Waals surface area contributed by atoms with Crippen LogP contribution in [-0.4, -0.2) is 12.8 Å². The molecule has 0 saturated heterocycles. The normalized spacial score (nSPS) is 5.42. The Morgan fingerprint density at radius 1 is 0.917 bits per heavy atom. The van der Waals surface area contributed by atoms with Crippen molar-refractivity contribution in [1.29, 1.82) is 0 Å². The monoisotopic (exact) mass is 175 g/mol. The maximum absolute atomic E-state index is 3.81. The first-order valence-electron chi connectivity index (χ1n) is 5.09. The Morgan fingerprint density at radius 2 is 1.00 bits per heavy atom. The van der Waals surface area contributed by atoms with Gasteiger partial charge in [-0.15, -0.1) is 0 Å². The lowest BCUT2D eigenvalue weighted by molar-refractivity contribution is 1.09. The molecular formula is C11H29N. The van der Waals surface area contributed by atoms with Crippen molar-refractivity contribution in [3.05, 3.63) is 0 Å². The SMILES string of the molecule is CC.CC.CCC.CN=C(C)C. The van der Waals surface area contributed by atoms with Crippen LogP contribution in [0, 0.1) is 0 Å². The molecule has 0 spiro atoms. The summed E-state index contributed by atoms with van der Waals surface area (Å²) < 4.78 is 0. The van der Waals surface area contributed by atoms with E-state index in [0.29, 0.717) is 0 Å². The highest BCUT2D eigenvalue weighted by Crippen LogP contribution is 1.63. The number of aliphatic imine (C=N–C) groups is 1. The molecule has 0 aromatic rings. The molecule has 0 N–H and O–H groups in total. The second-order valence-electron chi connectivity index (χ2n) is 1.88. The highest BCUT2D eigenvalue weighted by atomic mass is 14.7. The van der Waals surface area contributed by atoms with Gasteiger partial charge in [0.2, 0.25) is 0 Å². The Balaban J connectivity index is -0.0000000397. The van der Waals surface area contributed by atoms with E-state index in [1.165, 1.54) is 6.42 Å². The van der Waals surface area contributed by atoms with Crippen LogP contribution in [0.4, 0.5) is 0 Å². The fourth-order valence-corrected chi connectivity index (χ4v) is 0. The minimum atomic E-state index is 1.13. The largest absolute Gasteiger partial charge is 0.298 e. The van der Waals surface area contributed by atoms with Gasteiger partial charge in [0.25, 0.3) is 0 Å². The molecule has 1 heteroatoms. The molecule has 0 saturated carbocycles. The lowest BCUT2D eigenvalue weighted by atomic mass is 10.5. The number of nitrogens with zero attached hydrogens (tertiary/aromatic N) is 1. The predicted molar refractivity (Wildman–Crippen MR) is 63.4 cm³/mol. The van der Waals surface area contributed by atoms with Crippen molar-refractivity contribution in [2.75, 3.05) is 7.05 Å². The van der Waals surface area contributed by atoms with Crippen molar-refractivity contribution in [2.24, 2.45) is 4.99 Å². The molecule has 0 aliphatic heterocycles. The molecule has 0 atom stereocenters. The van der Waals surface area contributed by atoms with Crippen LogP contribution in [0.25, 0.3) is 0 Å². The van der Waals surface area contributed by atoms with E-state index in [4.69, 9.17) is 0 Å². The first kappa shape index (κ1) is 22.6. The van der Waals surface area contributed by atoms with Crippen molar-refractivity contribution < 1.29 is 0 Å². The summed E-state index contributed by atoms with van der Waals surface area (Å²) in [7, 11) is 1.79. The van der Waals surface area contributed by atoms with Crippen LogP contribution in [0.3, 0.4) is 0 Å². The van der Waals surface area contributed by atoms with Crippen LogP contribution >= 0.6 is 0 Å². The van der Waals surface area contributed by atoms with Gasteiger partial charge in [-0.1, -0.05) is 48.0 Å². The van der Waals surface area contributed by atoms with E-state index in [1.807, 2.05) is 41.5 Å². The van der Waals surface area contributed by atoms with E-state index in [2.05, 4.69) is 18.8 Å². The quantitative estimate of drug-likeness (QED) is 0.478. The Bertz CT molecular complexity index is 52.0. The zero-order chi connectivity index (χ0) is 11.0. The summed E-state index contributed by atoms with van der Waals surface area (Å²) in [5, 5.41) is 0. The Kier molecular flexibility index (Phi) is 86.1. The van der Waals surface area contributed by atoms with Gasteiger partial charge in [-0.2, -0.15) is 0 Å². The van der Waals surface area contributed by atoms with Gasteiger partial charge in [-0.25, -0.2) is 0 Å². The van der Waals surface area contributed by atoms with Gasteiger partial charge < -0.3 is 0 Å². The van der Waals surface area contributed by atoms with E-state index in [-0.39, 0.29) is 0 Å². The fourth-order valence-electron chi connectivity index (χ4n) is 0. The summed E-state index contributed by atoms with van der Waals surface area (Å²) in [6, 6.07) is 0. The summed E-state index contributed by atoms with van der Waals surface area (Å²) in [5.41, 5.74) is 1.13. The summed E-state index contributed by atoms with van der Waals surface area (Å²) in [6.07, 6.45) is 1.25. The van der Waals surface area contributed by atoms with Crippen molar-refractivity contribution in [1.82, 2.24) is 0 Å². The average Bonchev–Trinajstić information content (AvgIpc) is 2.13. The van der Waals surface area contributed by atoms with Crippen LogP contribution in [0.2, 0.25) is 0 Å². The standard InChI is InChI=1S/C4H9N.C3H8.2C2H6/c1-4(2)5-3;1-3-2;2*1-2/h1-3H3;3H2,1-2H3;2*1-2H3. The molecule has 0 radical (unpaired) electrons. The first-order valence-corrected chi connectivity index (χ1v) is 5.09. The fraction of sp³-hybridized carbons (Fsp3) is 0.909. The molecule has 12 heavy (non-hydrogen) atoms. The second kappa shape index (κ2) is 45.7.